The second-order valence-electron chi connectivity index (χ2n) is 8.53. The molecule has 1 amide bonds. The van der Waals surface area contributed by atoms with Crippen molar-refractivity contribution in [1.29, 1.82) is 0 Å². The van der Waals surface area contributed by atoms with Crippen molar-refractivity contribution in [2.24, 2.45) is 5.16 Å². The summed E-state index contributed by atoms with van der Waals surface area (Å²) in [5.41, 5.74) is 3.91. The first-order valence-corrected chi connectivity index (χ1v) is 12.5. The molecule has 0 unspecified atom stereocenters. The van der Waals surface area contributed by atoms with Gasteiger partial charge in [0.2, 0.25) is 16.8 Å². The number of benzene rings is 2. The number of fused-ring (bicyclic) bond motifs is 1. The number of amides is 1. The lowest BCUT2D eigenvalue weighted by Crippen LogP contribution is -2.51. The maximum Gasteiger partial charge on any atom is 0.263 e. The second-order valence-corrected chi connectivity index (χ2v) is 10.4. The number of nitrogens with zero attached hydrogens (tertiary/aromatic N) is 3. The Morgan fingerprint density at radius 1 is 1.00 bits per heavy atom. The van der Waals surface area contributed by atoms with E-state index in [0.717, 1.165) is 22.3 Å². The van der Waals surface area contributed by atoms with Crippen LogP contribution in [0.25, 0.3) is 0 Å². The lowest BCUT2D eigenvalue weighted by molar-refractivity contribution is -0.137. The number of rotatable bonds is 6. The summed E-state index contributed by atoms with van der Waals surface area (Å²) in [5.74, 6) is 1.09. The molecule has 2 aliphatic rings. The molecule has 0 aliphatic carbocycles. The van der Waals surface area contributed by atoms with Crippen LogP contribution in [0.1, 0.15) is 29.2 Å². The molecule has 2 heterocycles. The molecule has 182 valence electrons. The molecule has 0 saturated carbocycles. The predicted molar refractivity (Wildman–Crippen MR) is 127 cm³/mol. The van der Waals surface area contributed by atoms with Crippen molar-refractivity contribution in [3.05, 3.63) is 52.6 Å². The highest BCUT2D eigenvalue weighted by Gasteiger charge is 2.32. The number of sulfonamides is 1. The Balaban J connectivity index is 1.32. The number of carbonyl (C=O) groups is 1. The standard InChI is InChI=1S/C24H29N3O6S/c1-16-11-17(2)24(18(3)12-16)34(29,30)27-9-7-26(8-10-27)23(28)14-33-25-19(4)20-5-6-21-22(13-20)32-15-31-21/h5-6,11-13H,7-10,14-15H2,1-4H3/b25-19+. The van der Waals surface area contributed by atoms with Crippen molar-refractivity contribution in [3.8, 4) is 11.5 Å². The summed E-state index contributed by atoms with van der Waals surface area (Å²) in [6.07, 6.45) is 0. The molecule has 0 atom stereocenters. The summed E-state index contributed by atoms with van der Waals surface area (Å²) in [6, 6.07) is 9.21. The van der Waals surface area contributed by atoms with Gasteiger partial charge in [-0.2, -0.15) is 4.31 Å². The third-order valence-corrected chi connectivity index (χ3v) is 8.18. The number of hydrogen-bond donors (Lipinski definition) is 0. The van der Waals surface area contributed by atoms with E-state index in [1.54, 1.807) is 17.9 Å². The first kappa shape index (κ1) is 24.0. The van der Waals surface area contributed by atoms with Crippen LogP contribution in [-0.4, -0.2) is 68.8 Å². The fraction of sp³-hybridized carbons (Fsp3) is 0.417. The molecule has 4 rings (SSSR count). The van der Waals surface area contributed by atoms with Crippen LogP contribution >= 0.6 is 0 Å². The van der Waals surface area contributed by atoms with Crippen molar-refractivity contribution in [1.82, 2.24) is 9.21 Å². The molecule has 2 aromatic rings. The van der Waals surface area contributed by atoms with E-state index in [4.69, 9.17) is 14.3 Å². The molecule has 1 fully saturated rings. The van der Waals surface area contributed by atoms with Crippen LogP contribution in [0.15, 0.2) is 40.4 Å². The van der Waals surface area contributed by atoms with E-state index >= 15 is 0 Å². The minimum atomic E-state index is -3.63. The number of hydrogen-bond acceptors (Lipinski definition) is 7. The Labute approximate surface area is 199 Å². The number of ether oxygens (including phenoxy) is 2. The molecule has 0 aromatic heterocycles. The minimum Gasteiger partial charge on any atom is -0.454 e. The third-order valence-electron chi connectivity index (χ3n) is 5.97. The Morgan fingerprint density at radius 2 is 1.65 bits per heavy atom. The lowest BCUT2D eigenvalue weighted by atomic mass is 10.1. The monoisotopic (exact) mass is 487 g/mol. The van der Waals surface area contributed by atoms with Crippen LogP contribution in [0.5, 0.6) is 11.5 Å². The first-order chi connectivity index (χ1) is 16.2. The average Bonchev–Trinajstić information content (AvgIpc) is 3.26. The van der Waals surface area contributed by atoms with E-state index in [9.17, 15) is 13.2 Å². The van der Waals surface area contributed by atoms with Gasteiger partial charge in [0.25, 0.3) is 5.91 Å². The van der Waals surface area contributed by atoms with Crippen LogP contribution in [-0.2, 0) is 19.7 Å². The number of piperazine rings is 1. The Bertz CT molecular complexity index is 1210. The first-order valence-electron chi connectivity index (χ1n) is 11.1. The van der Waals surface area contributed by atoms with Gasteiger partial charge in [-0.05, 0) is 57.0 Å². The number of oxime groups is 1. The molecule has 1 saturated heterocycles. The van der Waals surface area contributed by atoms with E-state index in [2.05, 4.69) is 5.16 Å². The van der Waals surface area contributed by atoms with Gasteiger partial charge in [-0.1, -0.05) is 22.9 Å². The average molecular weight is 488 g/mol. The zero-order valence-corrected chi connectivity index (χ0v) is 20.6. The van der Waals surface area contributed by atoms with Crippen LogP contribution in [0.2, 0.25) is 0 Å². The van der Waals surface area contributed by atoms with Crippen molar-refractivity contribution in [3.63, 3.8) is 0 Å². The summed E-state index contributed by atoms with van der Waals surface area (Å²) in [6.45, 7) is 8.41. The largest absolute Gasteiger partial charge is 0.454 e. The van der Waals surface area contributed by atoms with Crippen molar-refractivity contribution in [2.75, 3.05) is 39.6 Å². The van der Waals surface area contributed by atoms with Gasteiger partial charge < -0.3 is 19.2 Å². The van der Waals surface area contributed by atoms with E-state index in [1.165, 1.54) is 4.31 Å². The molecule has 0 N–H and O–H groups in total. The van der Waals surface area contributed by atoms with Gasteiger partial charge in [0.15, 0.2) is 18.1 Å². The highest BCUT2D eigenvalue weighted by Crippen LogP contribution is 2.32. The van der Waals surface area contributed by atoms with Gasteiger partial charge in [-0.15, -0.1) is 0 Å². The molecule has 2 aliphatic heterocycles. The van der Waals surface area contributed by atoms with Gasteiger partial charge in [0, 0.05) is 31.7 Å². The second kappa shape index (κ2) is 9.63. The summed E-state index contributed by atoms with van der Waals surface area (Å²) in [7, 11) is -3.63. The topological polar surface area (TPSA) is 97.7 Å². The summed E-state index contributed by atoms with van der Waals surface area (Å²) >= 11 is 0. The van der Waals surface area contributed by atoms with Crippen molar-refractivity contribution >= 4 is 21.6 Å². The molecular weight excluding hydrogens is 458 g/mol. The van der Waals surface area contributed by atoms with E-state index < -0.39 is 10.0 Å². The van der Waals surface area contributed by atoms with Crippen LogP contribution in [0, 0.1) is 20.8 Å². The molecule has 34 heavy (non-hydrogen) atoms. The number of aryl methyl sites for hydroxylation is 3. The van der Waals surface area contributed by atoms with Gasteiger partial charge in [0.1, 0.15) is 0 Å². The Kier molecular flexibility index (Phi) is 6.81. The fourth-order valence-electron chi connectivity index (χ4n) is 4.33. The lowest BCUT2D eigenvalue weighted by Gasteiger charge is -2.34. The molecule has 9 nitrogen and oxygen atoms in total. The zero-order chi connectivity index (χ0) is 24.5. The van der Waals surface area contributed by atoms with Gasteiger partial charge >= 0.3 is 0 Å². The molecule has 2 aromatic carbocycles. The van der Waals surface area contributed by atoms with Crippen LogP contribution < -0.4 is 9.47 Å². The molecule has 0 radical (unpaired) electrons. The zero-order valence-electron chi connectivity index (χ0n) is 19.8. The molecular formula is C24H29N3O6S. The van der Waals surface area contributed by atoms with E-state index in [-0.39, 0.29) is 32.4 Å². The number of carbonyl (C=O) groups excluding carboxylic acids is 1. The highest BCUT2D eigenvalue weighted by molar-refractivity contribution is 7.89. The SMILES string of the molecule is C/C(=N\OCC(=O)N1CCN(S(=O)(=O)c2c(C)cc(C)cc2C)CC1)c1ccc2c(c1)OCO2. The Hall–Kier alpha value is -3.11. The minimum absolute atomic E-state index is 0.193. The molecule has 10 heteroatoms. The fourth-order valence-corrected chi connectivity index (χ4v) is 6.16. The van der Waals surface area contributed by atoms with E-state index in [1.807, 2.05) is 45.0 Å². The van der Waals surface area contributed by atoms with Gasteiger partial charge in [-0.3, -0.25) is 4.79 Å². The summed E-state index contributed by atoms with van der Waals surface area (Å²) in [5, 5.41) is 4.04. The molecule has 0 bridgehead atoms. The van der Waals surface area contributed by atoms with Crippen LogP contribution in [0.4, 0.5) is 0 Å². The third kappa shape index (κ3) is 4.88. The quantitative estimate of drug-likeness (QED) is 0.459. The van der Waals surface area contributed by atoms with Crippen LogP contribution in [0.3, 0.4) is 0 Å². The summed E-state index contributed by atoms with van der Waals surface area (Å²) in [4.78, 5) is 19.8. The van der Waals surface area contributed by atoms with E-state index in [0.29, 0.717) is 35.2 Å². The maximum atomic E-state index is 13.2. The van der Waals surface area contributed by atoms with Gasteiger partial charge in [-0.25, -0.2) is 8.42 Å². The smallest absolute Gasteiger partial charge is 0.263 e. The highest BCUT2D eigenvalue weighted by atomic mass is 32.2. The van der Waals surface area contributed by atoms with Gasteiger partial charge in [0.05, 0.1) is 10.6 Å². The van der Waals surface area contributed by atoms with Crippen molar-refractivity contribution < 1.29 is 27.5 Å². The normalized spacial score (nSPS) is 16.6. The maximum absolute atomic E-state index is 13.2. The predicted octanol–water partition coefficient (Wildman–Crippen LogP) is 2.61. The molecule has 0 spiro atoms. The summed E-state index contributed by atoms with van der Waals surface area (Å²) < 4.78 is 38.6. The Morgan fingerprint density at radius 3 is 2.32 bits per heavy atom. The van der Waals surface area contributed by atoms with Crippen molar-refractivity contribution in [2.45, 2.75) is 32.6 Å².